The Morgan fingerprint density at radius 3 is 2.75 bits per heavy atom. The van der Waals surface area contributed by atoms with E-state index in [1.54, 1.807) is 6.07 Å². The molecule has 0 fully saturated rings. The van der Waals surface area contributed by atoms with E-state index in [0.29, 0.717) is 18.8 Å². The number of benzene rings is 1. The summed E-state index contributed by atoms with van der Waals surface area (Å²) >= 11 is 0. The Hall–Kier alpha value is -1.60. The van der Waals surface area contributed by atoms with Gasteiger partial charge in [0.15, 0.2) is 0 Å². The SMILES string of the molecule is Cc1ccc(F)cc1OCCCC(C)(C#N)NC(C)C. The number of nitriles is 1. The number of nitrogens with one attached hydrogen (secondary N) is 1. The highest BCUT2D eigenvalue weighted by atomic mass is 19.1. The minimum atomic E-state index is -0.547. The Labute approximate surface area is 120 Å². The molecular formula is C16H23FN2O. The van der Waals surface area contributed by atoms with Crippen LogP contribution in [0.1, 0.15) is 39.2 Å². The maximum atomic E-state index is 13.1. The van der Waals surface area contributed by atoms with Gasteiger partial charge in [-0.1, -0.05) is 6.07 Å². The molecule has 0 bridgehead atoms. The number of aryl methyl sites for hydroxylation is 1. The van der Waals surface area contributed by atoms with Crippen molar-refractivity contribution in [3.63, 3.8) is 0 Å². The summed E-state index contributed by atoms with van der Waals surface area (Å²) in [5, 5.41) is 12.5. The monoisotopic (exact) mass is 278 g/mol. The van der Waals surface area contributed by atoms with E-state index in [1.807, 2.05) is 27.7 Å². The van der Waals surface area contributed by atoms with Crippen LogP contribution in [0.4, 0.5) is 4.39 Å². The first-order valence-corrected chi connectivity index (χ1v) is 6.94. The van der Waals surface area contributed by atoms with Crippen LogP contribution < -0.4 is 10.1 Å². The fourth-order valence-electron chi connectivity index (χ4n) is 2.13. The molecule has 1 N–H and O–H groups in total. The molecule has 3 nitrogen and oxygen atoms in total. The van der Waals surface area contributed by atoms with Gasteiger partial charge < -0.3 is 4.74 Å². The second-order valence-electron chi connectivity index (χ2n) is 5.60. The van der Waals surface area contributed by atoms with Gasteiger partial charge >= 0.3 is 0 Å². The van der Waals surface area contributed by atoms with Gasteiger partial charge in [0.25, 0.3) is 0 Å². The highest BCUT2D eigenvalue weighted by Gasteiger charge is 2.23. The zero-order chi connectivity index (χ0) is 15.2. The molecule has 0 aliphatic heterocycles. The van der Waals surface area contributed by atoms with Gasteiger partial charge in [0, 0.05) is 12.1 Å². The predicted octanol–water partition coefficient (Wildman–Crippen LogP) is 3.57. The average molecular weight is 278 g/mol. The van der Waals surface area contributed by atoms with Crippen molar-refractivity contribution >= 4 is 0 Å². The topological polar surface area (TPSA) is 45.0 Å². The standard InChI is InChI=1S/C16H23FN2O/c1-12(2)19-16(4,11-18)8-5-9-20-15-10-14(17)7-6-13(15)3/h6-7,10,12,19H,5,8-9H2,1-4H3. The highest BCUT2D eigenvalue weighted by molar-refractivity contribution is 5.32. The Kier molecular flexibility index (Phi) is 5.97. The van der Waals surface area contributed by atoms with E-state index >= 15 is 0 Å². The van der Waals surface area contributed by atoms with Gasteiger partial charge in [0.05, 0.1) is 12.7 Å². The summed E-state index contributed by atoms with van der Waals surface area (Å²) in [6.45, 7) is 8.28. The number of hydrogen-bond acceptors (Lipinski definition) is 3. The number of nitrogens with zero attached hydrogens (tertiary/aromatic N) is 1. The largest absolute Gasteiger partial charge is 0.493 e. The van der Waals surface area contributed by atoms with Crippen LogP contribution in [0.5, 0.6) is 5.75 Å². The van der Waals surface area contributed by atoms with Crippen molar-refractivity contribution in [2.45, 2.75) is 52.1 Å². The Morgan fingerprint density at radius 2 is 2.15 bits per heavy atom. The third-order valence-electron chi connectivity index (χ3n) is 3.08. The zero-order valence-electron chi connectivity index (χ0n) is 12.7. The molecule has 0 saturated heterocycles. The van der Waals surface area contributed by atoms with E-state index in [4.69, 9.17) is 4.74 Å². The molecule has 0 aliphatic rings. The molecule has 0 aromatic heterocycles. The Morgan fingerprint density at radius 1 is 1.45 bits per heavy atom. The minimum Gasteiger partial charge on any atom is -0.493 e. The number of ether oxygens (including phenoxy) is 1. The van der Waals surface area contributed by atoms with Crippen molar-refractivity contribution in [1.82, 2.24) is 5.32 Å². The van der Waals surface area contributed by atoms with E-state index in [1.165, 1.54) is 12.1 Å². The molecule has 0 spiro atoms. The van der Waals surface area contributed by atoms with E-state index in [-0.39, 0.29) is 11.9 Å². The van der Waals surface area contributed by atoms with E-state index < -0.39 is 5.54 Å². The van der Waals surface area contributed by atoms with Crippen LogP contribution in [-0.2, 0) is 0 Å². The molecule has 4 heteroatoms. The number of hydrogen-bond donors (Lipinski definition) is 1. The molecule has 0 aliphatic carbocycles. The molecule has 110 valence electrons. The summed E-state index contributed by atoms with van der Waals surface area (Å²) in [7, 11) is 0. The molecular weight excluding hydrogens is 255 g/mol. The van der Waals surface area contributed by atoms with E-state index in [2.05, 4.69) is 11.4 Å². The van der Waals surface area contributed by atoms with Crippen molar-refractivity contribution in [2.75, 3.05) is 6.61 Å². The van der Waals surface area contributed by atoms with E-state index in [9.17, 15) is 9.65 Å². The first kappa shape index (κ1) is 16.5. The first-order chi connectivity index (χ1) is 9.36. The van der Waals surface area contributed by atoms with Gasteiger partial charge in [-0.15, -0.1) is 0 Å². The predicted molar refractivity (Wildman–Crippen MR) is 78.2 cm³/mol. The molecule has 0 radical (unpaired) electrons. The Bertz CT molecular complexity index is 482. The van der Waals surface area contributed by atoms with Gasteiger partial charge in [-0.3, -0.25) is 5.32 Å². The minimum absolute atomic E-state index is 0.256. The lowest BCUT2D eigenvalue weighted by atomic mass is 9.97. The third kappa shape index (κ3) is 5.18. The number of halogens is 1. The average Bonchev–Trinajstić information content (AvgIpc) is 2.38. The molecule has 1 rings (SSSR count). The lowest BCUT2D eigenvalue weighted by Crippen LogP contribution is -2.45. The molecule has 20 heavy (non-hydrogen) atoms. The van der Waals surface area contributed by atoms with Crippen LogP contribution in [0.25, 0.3) is 0 Å². The van der Waals surface area contributed by atoms with Crippen LogP contribution in [0.15, 0.2) is 18.2 Å². The summed E-state index contributed by atoms with van der Waals surface area (Å²) in [5.41, 5.74) is 0.365. The van der Waals surface area contributed by atoms with Crippen LogP contribution in [0, 0.1) is 24.1 Å². The molecule has 0 amide bonds. The lowest BCUT2D eigenvalue weighted by molar-refractivity contribution is 0.278. The van der Waals surface area contributed by atoms with Crippen molar-refractivity contribution < 1.29 is 9.13 Å². The van der Waals surface area contributed by atoms with Crippen molar-refractivity contribution in [3.8, 4) is 11.8 Å². The fraction of sp³-hybridized carbons (Fsp3) is 0.562. The maximum Gasteiger partial charge on any atom is 0.126 e. The van der Waals surface area contributed by atoms with Gasteiger partial charge in [-0.2, -0.15) is 5.26 Å². The summed E-state index contributed by atoms with van der Waals surface area (Å²) in [6, 6.07) is 7.07. The van der Waals surface area contributed by atoms with E-state index in [0.717, 1.165) is 12.0 Å². The van der Waals surface area contributed by atoms with Crippen molar-refractivity contribution in [1.29, 1.82) is 5.26 Å². The maximum absolute atomic E-state index is 13.1. The van der Waals surface area contributed by atoms with Crippen molar-refractivity contribution in [2.24, 2.45) is 0 Å². The third-order valence-corrected chi connectivity index (χ3v) is 3.08. The summed E-state index contributed by atoms with van der Waals surface area (Å²) in [6.07, 6.45) is 1.43. The molecule has 1 aromatic rings. The summed E-state index contributed by atoms with van der Waals surface area (Å²) < 4.78 is 18.7. The molecule has 0 heterocycles. The fourth-order valence-corrected chi connectivity index (χ4v) is 2.13. The summed E-state index contributed by atoms with van der Waals surface area (Å²) in [5.74, 6) is 0.273. The van der Waals surface area contributed by atoms with Gasteiger partial charge in [-0.25, -0.2) is 4.39 Å². The van der Waals surface area contributed by atoms with Gasteiger partial charge in [0.2, 0.25) is 0 Å². The van der Waals surface area contributed by atoms with Gasteiger partial charge in [-0.05, 0) is 52.2 Å². The normalized spacial score (nSPS) is 13.8. The zero-order valence-corrected chi connectivity index (χ0v) is 12.7. The lowest BCUT2D eigenvalue weighted by Gasteiger charge is -2.25. The second kappa shape index (κ2) is 7.25. The molecule has 1 aromatic carbocycles. The molecule has 0 saturated carbocycles. The number of rotatable bonds is 7. The van der Waals surface area contributed by atoms with Crippen LogP contribution in [0.3, 0.4) is 0 Å². The van der Waals surface area contributed by atoms with Crippen LogP contribution in [0.2, 0.25) is 0 Å². The molecule has 1 atom stereocenters. The Balaban J connectivity index is 2.45. The van der Waals surface area contributed by atoms with Gasteiger partial charge in [0.1, 0.15) is 17.1 Å². The van der Waals surface area contributed by atoms with Crippen molar-refractivity contribution in [3.05, 3.63) is 29.6 Å². The van der Waals surface area contributed by atoms with Crippen LogP contribution >= 0.6 is 0 Å². The highest BCUT2D eigenvalue weighted by Crippen LogP contribution is 2.20. The second-order valence-corrected chi connectivity index (χ2v) is 5.60. The molecule has 1 unspecified atom stereocenters. The first-order valence-electron chi connectivity index (χ1n) is 6.94. The smallest absolute Gasteiger partial charge is 0.126 e. The quantitative estimate of drug-likeness (QED) is 0.775. The summed E-state index contributed by atoms with van der Waals surface area (Å²) in [4.78, 5) is 0. The van der Waals surface area contributed by atoms with Crippen LogP contribution in [-0.4, -0.2) is 18.2 Å².